The molecule has 0 N–H and O–H groups in total. The standard InChI is InChI=1S/C39H60B3P3/c1-25-19-28(4)34(29(5)20-25)40-43(37(10,11)12)41(35-30(6)21-26(2)22-31(35)7)45(39(16,17)18)42(44(40)38(13,14)15)36-32(8)23-27(3)24-33(36)9/h19-24H,1-18H3. The fourth-order valence-electron chi connectivity index (χ4n) is 8.63. The van der Waals surface area contributed by atoms with E-state index in [9.17, 15) is 0 Å². The molecule has 0 aromatic heterocycles. The Balaban J connectivity index is 2.32. The van der Waals surface area contributed by atoms with Crippen molar-refractivity contribution in [2.45, 2.75) is 140 Å². The molecule has 0 amide bonds. The van der Waals surface area contributed by atoms with Crippen molar-refractivity contribution < 1.29 is 0 Å². The zero-order valence-electron chi connectivity index (χ0n) is 32.0. The van der Waals surface area contributed by atoms with E-state index >= 15 is 0 Å². The highest BCUT2D eigenvalue weighted by molar-refractivity contribution is 8.63. The Morgan fingerprint density at radius 3 is 0.622 bits per heavy atom. The van der Waals surface area contributed by atoms with Crippen molar-refractivity contribution in [3.63, 3.8) is 0 Å². The van der Waals surface area contributed by atoms with Crippen molar-refractivity contribution in [2.24, 2.45) is 0 Å². The monoisotopic (exact) mass is 654 g/mol. The van der Waals surface area contributed by atoms with Gasteiger partial charge < -0.3 is 0 Å². The molecular formula is C39H60B3P3. The molecule has 1 fully saturated rings. The summed E-state index contributed by atoms with van der Waals surface area (Å²) in [5.74, 6) is 0. The fourth-order valence-corrected chi connectivity index (χ4v) is 30.8. The molecule has 4 rings (SSSR count). The topological polar surface area (TPSA) is 0 Å². The van der Waals surface area contributed by atoms with Crippen molar-refractivity contribution in [3.8, 4) is 0 Å². The van der Waals surface area contributed by atoms with E-state index in [4.69, 9.17) is 0 Å². The smallest absolute Gasteiger partial charge is 0.147 e. The first-order valence-electron chi connectivity index (χ1n) is 17.1. The molecular weight excluding hydrogens is 594 g/mol. The summed E-state index contributed by atoms with van der Waals surface area (Å²) in [5, 5.41) is 0.578. The molecule has 0 radical (unpaired) electrons. The minimum Gasteiger partial charge on any atom is -0.147 e. The molecule has 0 saturated carbocycles. The summed E-state index contributed by atoms with van der Waals surface area (Å²) in [5.41, 5.74) is 18.3. The third-order valence-corrected chi connectivity index (χ3v) is 23.7. The molecule has 0 aliphatic carbocycles. The van der Waals surface area contributed by atoms with E-state index in [2.05, 4.69) is 161 Å². The highest BCUT2D eigenvalue weighted by Crippen LogP contribution is 2.83. The van der Waals surface area contributed by atoms with Crippen molar-refractivity contribution in [2.75, 3.05) is 0 Å². The molecule has 1 saturated heterocycles. The van der Waals surface area contributed by atoms with Crippen LogP contribution in [0.1, 0.15) is 112 Å². The second-order valence-electron chi connectivity index (χ2n) is 17.3. The van der Waals surface area contributed by atoms with Gasteiger partial charge in [0, 0.05) is 0 Å². The third kappa shape index (κ3) is 7.14. The number of rotatable bonds is 3. The average Bonchev–Trinajstić information content (AvgIpc) is 2.79. The van der Waals surface area contributed by atoms with Crippen LogP contribution in [0.25, 0.3) is 0 Å². The predicted molar refractivity (Wildman–Crippen MR) is 218 cm³/mol. The Labute approximate surface area is 283 Å². The first-order valence-corrected chi connectivity index (χ1v) is 21.5. The molecule has 1 heterocycles. The molecule has 45 heavy (non-hydrogen) atoms. The van der Waals surface area contributed by atoms with Gasteiger partial charge in [0.1, 0.15) is 0 Å². The maximum absolute atomic E-state index is 2.60. The Kier molecular flexibility index (Phi) is 10.6. The lowest BCUT2D eigenvalue weighted by Gasteiger charge is -2.61. The molecule has 0 spiro atoms. The van der Waals surface area contributed by atoms with Crippen molar-refractivity contribution in [1.29, 1.82) is 0 Å². The largest absolute Gasteiger partial charge is 0.219 e. The minimum absolute atomic E-state index is 0.193. The molecule has 0 atom stereocenters. The van der Waals surface area contributed by atoms with Gasteiger partial charge in [-0.05, 0) is 77.8 Å². The molecule has 1 aliphatic rings. The maximum atomic E-state index is 2.60. The summed E-state index contributed by atoms with van der Waals surface area (Å²) < 4.78 is 0. The molecule has 6 heteroatoms. The molecule has 3 aromatic rings. The van der Waals surface area contributed by atoms with Crippen LogP contribution >= 0.6 is 23.0 Å². The van der Waals surface area contributed by atoms with Crippen LogP contribution in [0.15, 0.2) is 36.4 Å². The number of hydrogen-bond donors (Lipinski definition) is 0. The molecule has 240 valence electrons. The zero-order chi connectivity index (χ0) is 34.1. The second kappa shape index (κ2) is 12.9. The lowest BCUT2D eigenvalue weighted by molar-refractivity contribution is 0.792. The van der Waals surface area contributed by atoms with Gasteiger partial charge in [-0.1, -0.05) is 165 Å². The maximum Gasteiger partial charge on any atom is 0.219 e. The van der Waals surface area contributed by atoms with Gasteiger partial charge in [0.2, 0.25) is 18.5 Å². The number of benzene rings is 3. The Bertz CT molecular complexity index is 1320. The van der Waals surface area contributed by atoms with E-state index in [1.165, 1.54) is 50.1 Å². The molecule has 3 aromatic carbocycles. The summed E-state index contributed by atoms with van der Waals surface area (Å²) >= 11 is 0. The Hall–Kier alpha value is -0.855. The van der Waals surface area contributed by atoms with Gasteiger partial charge >= 0.3 is 0 Å². The van der Waals surface area contributed by atoms with Gasteiger partial charge in [-0.25, -0.2) is 0 Å². The fraction of sp³-hybridized carbons (Fsp3) is 0.538. The van der Waals surface area contributed by atoms with Gasteiger partial charge in [0.15, 0.2) is 0 Å². The lowest BCUT2D eigenvalue weighted by Crippen LogP contribution is -2.59. The highest BCUT2D eigenvalue weighted by Gasteiger charge is 2.64. The minimum atomic E-state index is -0.468. The van der Waals surface area contributed by atoms with Crippen LogP contribution in [-0.4, -0.2) is 33.9 Å². The van der Waals surface area contributed by atoms with Gasteiger partial charge in [-0.2, -0.15) is 0 Å². The highest BCUT2D eigenvalue weighted by atomic mass is 31.2. The first-order chi connectivity index (χ1) is 20.5. The summed E-state index contributed by atoms with van der Waals surface area (Å²) in [6, 6.07) is 14.9. The van der Waals surface area contributed by atoms with Crippen LogP contribution in [-0.2, 0) is 0 Å². The van der Waals surface area contributed by atoms with Gasteiger partial charge in [-0.3, -0.25) is 0 Å². The summed E-state index contributed by atoms with van der Waals surface area (Å²) in [7, 11) is -1.41. The third-order valence-electron chi connectivity index (χ3n) is 9.89. The molecule has 0 nitrogen and oxygen atoms in total. The molecule has 1 aliphatic heterocycles. The van der Waals surface area contributed by atoms with E-state index in [0.29, 0.717) is 18.5 Å². The van der Waals surface area contributed by atoms with Crippen molar-refractivity contribution in [3.05, 3.63) is 86.5 Å². The van der Waals surface area contributed by atoms with Crippen LogP contribution in [0.5, 0.6) is 0 Å². The summed E-state index contributed by atoms with van der Waals surface area (Å²) in [6.07, 6.45) is 1.69. The number of aryl methyl sites for hydroxylation is 9. The van der Waals surface area contributed by atoms with E-state index in [1.807, 2.05) is 0 Å². The zero-order valence-corrected chi connectivity index (χ0v) is 34.7. The van der Waals surface area contributed by atoms with Crippen LogP contribution in [0.3, 0.4) is 0 Å². The number of hydrogen-bond acceptors (Lipinski definition) is 0. The van der Waals surface area contributed by atoms with Crippen molar-refractivity contribution in [1.82, 2.24) is 0 Å². The van der Waals surface area contributed by atoms with Crippen LogP contribution < -0.4 is 16.4 Å². The predicted octanol–water partition coefficient (Wildman–Crippen LogP) is 10.8. The average molecular weight is 654 g/mol. The van der Waals surface area contributed by atoms with E-state index in [1.54, 1.807) is 16.4 Å². The van der Waals surface area contributed by atoms with Gasteiger partial charge in [0.05, 0.1) is 0 Å². The van der Waals surface area contributed by atoms with E-state index in [0.717, 1.165) is 0 Å². The van der Waals surface area contributed by atoms with Gasteiger partial charge in [-0.15, -0.1) is 23.0 Å². The first kappa shape index (κ1) is 37.0. The molecule has 0 bridgehead atoms. The Morgan fingerprint density at radius 2 is 0.489 bits per heavy atom. The SMILES string of the molecule is Cc1cc(C)c(B2P(C(C)(C)C)B(c3c(C)cc(C)cc3C)P(C(C)(C)C)B(c3c(C)cc(C)cc3C)P2C(C)(C)C)c(C)c1. The van der Waals surface area contributed by atoms with Crippen LogP contribution in [0.4, 0.5) is 0 Å². The summed E-state index contributed by atoms with van der Waals surface area (Å²) in [6.45, 7) is 44.8. The summed E-state index contributed by atoms with van der Waals surface area (Å²) in [4.78, 5) is 0. The normalized spacial score (nSPS) is 19.9. The quantitative estimate of drug-likeness (QED) is 0.195. The van der Waals surface area contributed by atoms with E-state index < -0.39 is 23.0 Å². The van der Waals surface area contributed by atoms with Crippen LogP contribution in [0, 0.1) is 62.3 Å². The lowest BCUT2D eigenvalue weighted by atomic mass is 9.79. The second-order valence-corrected chi connectivity index (χ2v) is 28.1. The Morgan fingerprint density at radius 1 is 0.333 bits per heavy atom. The van der Waals surface area contributed by atoms with Crippen molar-refractivity contribution >= 4 is 57.9 Å². The molecule has 0 unspecified atom stereocenters. The van der Waals surface area contributed by atoms with E-state index in [-0.39, 0.29) is 15.5 Å². The van der Waals surface area contributed by atoms with Gasteiger partial charge in [0.25, 0.3) is 0 Å². The van der Waals surface area contributed by atoms with Crippen LogP contribution in [0.2, 0.25) is 0 Å².